The van der Waals surface area contributed by atoms with Gasteiger partial charge < -0.3 is 0 Å². The Morgan fingerprint density at radius 1 is 1.40 bits per heavy atom. The van der Waals surface area contributed by atoms with E-state index in [4.69, 9.17) is 0 Å². The van der Waals surface area contributed by atoms with Gasteiger partial charge >= 0.3 is 0 Å². The largest absolute Gasteiger partial charge is 0.299 e. The molecule has 2 unspecified atom stereocenters. The molecule has 15 heavy (non-hydrogen) atoms. The maximum Gasteiger partial charge on any atom is 0.144 e. The molecule has 0 amide bonds. The zero-order valence-electron chi connectivity index (χ0n) is 9.05. The molecule has 1 aromatic carbocycles. The van der Waals surface area contributed by atoms with Crippen molar-refractivity contribution in [2.24, 2.45) is 0 Å². The summed E-state index contributed by atoms with van der Waals surface area (Å²) in [6.45, 7) is 5.72. The second-order valence-electron chi connectivity index (χ2n) is 3.83. The van der Waals surface area contributed by atoms with Crippen LogP contribution in [0.1, 0.15) is 30.9 Å². The molecule has 0 heterocycles. The second kappa shape index (κ2) is 5.26. The summed E-state index contributed by atoms with van der Waals surface area (Å²) in [5.74, 6) is 0.340. The Hall–Kier alpha value is -0.150. The van der Waals surface area contributed by atoms with Gasteiger partial charge in [0.2, 0.25) is 0 Å². The molecule has 0 spiro atoms. The van der Waals surface area contributed by atoms with Crippen molar-refractivity contribution in [1.82, 2.24) is 0 Å². The van der Waals surface area contributed by atoms with Crippen LogP contribution in [0.3, 0.4) is 0 Å². The highest BCUT2D eigenvalue weighted by Crippen LogP contribution is 2.31. The summed E-state index contributed by atoms with van der Waals surface area (Å²) in [6, 6.07) is 6.20. The number of benzene rings is 1. The first-order chi connectivity index (χ1) is 6.93. The van der Waals surface area contributed by atoms with Crippen LogP contribution in [-0.4, -0.2) is 10.6 Å². The van der Waals surface area contributed by atoms with Crippen molar-refractivity contribution in [2.75, 3.05) is 0 Å². The number of alkyl halides is 1. The van der Waals surface area contributed by atoms with Gasteiger partial charge in [0.1, 0.15) is 5.78 Å². The number of halogens is 2. The predicted octanol–water partition coefficient (Wildman–Crippen LogP) is 4.21. The Labute approximate surface area is 108 Å². The number of hydrogen-bond donors (Lipinski definition) is 0. The van der Waals surface area contributed by atoms with Crippen molar-refractivity contribution >= 4 is 37.6 Å². The molecule has 1 rings (SSSR count). The Balaban J connectivity index is 3.04. The van der Waals surface area contributed by atoms with Gasteiger partial charge in [0.25, 0.3) is 0 Å². The number of Topliss-reactive ketones (excluding diaryl/α,β-unsaturated/α-hetero) is 1. The van der Waals surface area contributed by atoms with E-state index in [2.05, 4.69) is 57.8 Å². The van der Waals surface area contributed by atoms with Crippen LogP contribution < -0.4 is 0 Å². The van der Waals surface area contributed by atoms with Gasteiger partial charge in [-0.1, -0.05) is 56.5 Å². The van der Waals surface area contributed by atoms with Crippen molar-refractivity contribution in [3.05, 3.63) is 33.8 Å². The van der Waals surface area contributed by atoms with Crippen LogP contribution in [0, 0.1) is 6.92 Å². The first kappa shape index (κ1) is 12.9. The molecule has 2 atom stereocenters. The van der Waals surface area contributed by atoms with E-state index in [1.807, 2.05) is 6.07 Å². The van der Waals surface area contributed by atoms with Gasteiger partial charge in [0.15, 0.2) is 0 Å². The smallest absolute Gasteiger partial charge is 0.144 e. The summed E-state index contributed by atoms with van der Waals surface area (Å²) >= 11 is 6.95. The van der Waals surface area contributed by atoms with Crippen molar-refractivity contribution in [3.8, 4) is 0 Å². The van der Waals surface area contributed by atoms with Crippen molar-refractivity contribution in [3.63, 3.8) is 0 Å². The van der Waals surface area contributed by atoms with Crippen LogP contribution >= 0.6 is 31.9 Å². The summed E-state index contributed by atoms with van der Waals surface area (Å²) in [7, 11) is 0. The number of hydrogen-bond acceptors (Lipinski definition) is 1. The Bertz CT molecular complexity index is 374. The molecule has 0 aliphatic rings. The fourth-order valence-corrected chi connectivity index (χ4v) is 2.41. The standard InChI is InChI=1S/C12H14Br2O/c1-7-4-5-11(13)10(6-7)8(2)12(14)9(3)15/h4-6,8,12H,1-3H3. The second-order valence-corrected chi connectivity index (χ2v) is 5.67. The van der Waals surface area contributed by atoms with E-state index in [-0.39, 0.29) is 16.5 Å². The van der Waals surface area contributed by atoms with Crippen LogP contribution in [-0.2, 0) is 4.79 Å². The van der Waals surface area contributed by atoms with Crippen LogP contribution in [0.4, 0.5) is 0 Å². The van der Waals surface area contributed by atoms with E-state index in [0.717, 1.165) is 4.47 Å². The summed E-state index contributed by atoms with van der Waals surface area (Å²) in [5.41, 5.74) is 2.38. The highest BCUT2D eigenvalue weighted by atomic mass is 79.9. The molecule has 0 N–H and O–H groups in total. The lowest BCUT2D eigenvalue weighted by molar-refractivity contribution is -0.116. The predicted molar refractivity (Wildman–Crippen MR) is 70.7 cm³/mol. The van der Waals surface area contributed by atoms with E-state index < -0.39 is 0 Å². The Kier molecular flexibility index (Phi) is 4.53. The first-order valence-electron chi connectivity index (χ1n) is 4.84. The minimum atomic E-state index is -0.115. The van der Waals surface area contributed by atoms with E-state index in [0.29, 0.717) is 0 Å². The van der Waals surface area contributed by atoms with Gasteiger partial charge in [-0.3, -0.25) is 4.79 Å². The number of ketones is 1. The lowest BCUT2D eigenvalue weighted by atomic mass is 9.95. The van der Waals surface area contributed by atoms with Gasteiger partial charge in [-0.05, 0) is 25.5 Å². The van der Waals surface area contributed by atoms with Crippen molar-refractivity contribution in [1.29, 1.82) is 0 Å². The number of carbonyl (C=O) groups is 1. The molecular formula is C12H14Br2O. The molecule has 0 fully saturated rings. The van der Waals surface area contributed by atoms with E-state index in [9.17, 15) is 4.79 Å². The number of aryl methyl sites for hydroxylation is 1. The topological polar surface area (TPSA) is 17.1 Å². The van der Waals surface area contributed by atoms with Crippen molar-refractivity contribution in [2.45, 2.75) is 31.5 Å². The summed E-state index contributed by atoms with van der Waals surface area (Å²) in [5, 5.41) is 0. The Morgan fingerprint density at radius 2 is 2.00 bits per heavy atom. The van der Waals surface area contributed by atoms with Crippen LogP contribution in [0.2, 0.25) is 0 Å². The zero-order chi connectivity index (χ0) is 11.6. The van der Waals surface area contributed by atoms with E-state index in [1.165, 1.54) is 11.1 Å². The quantitative estimate of drug-likeness (QED) is 0.757. The van der Waals surface area contributed by atoms with Crippen LogP contribution in [0.5, 0.6) is 0 Å². The summed E-state index contributed by atoms with van der Waals surface area (Å²) in [6.07, 6.45) is 0. The van der Waals surface area contributed by atoms with Gasteiger partial charge in [-0.15, -0.1) is 0 Å². The first-order valence-corrected chi connectivity index (χ1v) is 6.55. The minimum Gasteiger partial charge on any atom is -0.299 e. The molecule has 0 aliphatic heterocycles. The maximum atomic E-state index is 11.3. The highest BCUT2D eigenvalue weighted by Gasteiger charge is 2.21. The van der Waals surface area contributed by atoms with Crippen LogP contribution in [0.25, 0.3) is 0 Å². The van der Waals surface area contributed by atoms with Gasteiger partial charge in [0, 0.05) is 10.4 Å². The number of carbonyl (C=O) groups excluding carboxylic acids is 1. The number of rotatable bonds is 3. The molecule has 1 aromatic rings. The molecule has 0 saturated heterocycles. The molecular weight excluding hydrogens is 320 g/mol. The monoisotopic (exact) mass is 332 g/mol. The SMILES string of the molecule is CC(=O)C(Br)C(C)c1cc(C)ccc1Br. The molecule has 3 heteroatoms. The lowest BCUT2D eigenvalue weighted by Crippen LogP contribution is -2.18. The Morgan fingerprint density at radius 3 is 2.53 bits per heavy atom. The fraction of sp³-hybridized carbons (Fsp3) is 0.417. The summed E-state index contributed by atoms with van der Waals surface area (Å²) in [4.78, 5) is 11.2. The van der Waals surface area contributed by atoms with E-state index in [1.54, 1.807) is 6.92 Å². The third kappa shape index (κ3) is 3.15. The average molecular weight is 334 g/mol. The summed E-state index contributed by atoms with van der Waals surface area (Å²) < 4.78 is 1.06. The average Bonchev–Trinajstić information content (AvgIpc) is 2.19. The lowest BCUT2D eigenvalue weighted by Gasteiger charge is -2.18. The van der Waals surface area contributed by atoms with E-state index >= 15 is 0 Å². The fourth-order valence-electron chi connectivity index (χ4n) is 1.52. The highest BCUT2D eigenvalue weighted by molar-refractivity contribution is 9.10. The molecule has 1 nitrogen and oxygen atoms in total. The van der Waals surface area contributed by atoms with Gasteiger partial charge in [-0.2, -0.15) is 0 Å². The normalized spacial score (nSPS) is 14.7. The van der Waals surface area contributed by atoms with Crippen molar-refractivity contribution < 1.29 is 4.79 Å². The molecule has 82 valence electrons. The molecule has 0 aliphatic carbocycles. The molecule has 0 bridgehead atoms. The van der Waals surface area contributed by atoms with Crippen LogP contribution in [0.15, 0.2) is 22.7 Å². The third-order valence-electron chi connectivity index (χ3n) is 2.47. The maximum absolute atomic E-state index is 11.3. The van der Waals surface area contributed by atoms with Gasteiger partial charge in [0.05, 0.1) is 4.83 Å². The molecule has 0 radical (unpaired) electrons. The zero-order valence-corrected chi connectivity index (χ0v) is 12.2. The van der Waals surface area contributed by atoms with Gasteiger partial charge in [-0.25, -0.2) is 0 Å². The molecule has 0 saturated carbocycles. The minimum absolute atomic E-state index is 0.115. The third-order valence-corrected chi connectivity index (χ3v) is 4.63. The molecule has 0 aromatic heterocycles.